The standard InChI is InChI=1S/C23H30N2O/c1-17-8-13-20-6-4-5-7-22(20)23(17)25-16-24-18(2)9-10-19-11-14-21(26-3)15-12-19/h4-7,11-12,14-15,18,24-25H,8-10,13,16H2,1-3H3. The molecule has 0 radical (unpaired) electrons. The van der Waals surface area contributed by atoms with Gasteiger partial charge in [0.05, 0.1) is 13.8 Å². The van der Waals surface area contributed by atoms with Gasteiger partial charge in [0.15, 0.2) is 0 Å². The number of ether oxygens (including phenoxy) is 1. The zero-order valence-electron chi connectivity index (χ0n) is 16.1. The Labute approximate surface area is 157 Å². The summed E-state index contributed by atoms with van der Waals surface area (Å²) in [5.41, 5.74) is 6.93. The predicted octanol–water partition coefficient (Wildman–Crippen LogP) is 4.53. The van der Waals surface area contributed by atoms with Crippen molar-refractivity contribution in [2.45, 2.75) is 45.6 Å². The Bertz CT molecular complexity index is 749. The van der Waals surface area contributed by atoms with E-state index in [1.165, 1.54) is 28.0 Å². The molecule has 0 heterocycles. The van der Waals surface area contributed by atoms with E-state index < -0.39 is 0 Å². The van der Waals surface area contributed by atoms with Crippen LogP contribution in [0.3, 0.4) is 0 Å². The number of methoxy groups -OCH3 is 1. The molecule has 0 spiro atoms. The first-order chi connectivity index (χ1) is 12.7. The normalized spacial score (nSPS) is 14.7. The van der Waals surface area contributed by atoms with Crippen LogP contribution in [0.25, 0.3) is 5.70 Å². The molecule has 1 aliphatic rings. The maximum atomic E-state index is 5.21. The summed E-state index contributed by atoms with van der Waals surface area (Å²) in [5, 5.41) is 7.23. The molecule has 0 bridgehead atoms. The van der Waals surface area contributed by atoms with Crippen LogP contribution in [0.2, 0.25) is 0 Å². The Kier molecular flexibility index (Phi) is 6.35. The lowest BCUT2D eigenvalue weighted by molar-refractivity contribution is 0.414. The molecule has 2 N–H and O–H groups in total. The molecule has 1 atom stereocenters. The van der Waals surface area contributed by atoms with E-state index in [0.717, 1.165) is 38.1 Å². The lowest BCUT2D eigenvalue weighted by Crippen LogP contribution is -2.35. The van der Waals surface area contributed by atoms with Gasteiger partial charge in [-0.2, -0.15) is 0 Å². The number of rotatable bonds is 8. The molecule has 138 valence electrons. The molecule has 3 rings (SSSR count). The molecule has 3 heteroatoms. The molecule has 26 heavy (non-hydrogen) atoms. The van der Waals surface area contributed by atoms with Crippen molar-refractivity contribution in [3.63, 3.8) is 0 Å². The monoisotopic (exact) mass is 350 g/mol. The predicted molar refractivity (Wildman–Crippen MR) is 109 cm³/mol. The number of hydrogen-bond acceptors (Lipinski definition) is 3. The van der Waals surface area contributed by atoms with Crippen molar-refractivity contribution in [2.24, 2.45) is 0 Å². The van der Waals surface area contributed by atoms with Crippen LogP contribution in [0.1, 0.15) is 43.4 Å². The second kappa shape index (κ2) is 8.91. The lowest BCUT2D eigenvalue weighted by Gasteiger charge is -2.24. The van der Waals surface area contributed by atoms with Crippen LogP contribution in [0.15, 0.2) is 54.1 Å². The van der Waals surface area contributed by atoms with E-state index in [1.54, 1.807) is 7.11 Å². The first-order valence-electron chi connectivity index (χ1n) is 9.55. The Balaban J connectivity index is 1.46. The first kappa shape index (κ1) is 18.5. The minimum atomic E-state index is 0.462. The van der Waals surface area contributed by atoms with E-state index >= 15 is 0 Å². The number of benzene rings is 2. The number of aryl methyl sites for hydroxylation is 2. The number of fused-ring (bicyclic) bond motifs is 1. The third-order valence-electron chi connectivity index (χ3n) is 5.22. The van der Waals surface area contributed by atoms with Gasteiger partial charge in [-0.15, -0.1) is 0 Å². The number of hydrogen-bond donors (Lipinski definition) is 2. The Morgan fingerprint density at radius 2 is 1.81 bits per heavy atom. The first-order valence-corrected chi connectivity index (χ1v) is 9.55. The zero-order valence-corrected chi connectivity index (χ0v) is 16.1. The summed E-state index contributed by atoms with van der Waals surface area (Å²) in [6.45, 7) is 5.29. The largest absolute Gasteiger partial charge is 0.497 e. The molecular formula is C23H30N2O. The fraction of sp³-hybridized carbons (Fsp3) is 0.391. The van der Waals surface area contributed by atoms with E-state index in [4.69, 9.17) is 4.74 Å². The molecular weight excluding hydrogens is 320 g/mol. The van der Waals surface area contributed by atoms with E-state index in [1.807, 2.05) is 12.1 Å². The fourth-order valence-corrected chi connectivity index (χ4v) is 3.50. The highest BCUT2D eigenvalue weighted by molar-refractivity contribution is 5.71. The molecule has 0 aliphatic heterocycles. The Hall–Kier alpha value is -2.26. The van der Waals surface area contributed by atoms with Gasteiger partial charge < -0.3 is 10.1 Å². The third-order valence-corrected chi connectivity index (χ3v) is 5.22. The van der Waals surface area contributed by atoms with Crippen LogP contribution < -0.4 is 15.4 Å². The van der Waals surface area contributed by atoms with Gasteiger partial charge in [-0.25, -0.2) is 0 Å². The summed E-state index contributed by atoms with van der Waals surface area (Å²) < 4.78 is 5.21. The van der Waals surface area contributed by atoms with Crippen molar-refractivity contribution < 1.29 is 4.74 Å². The van der Waals surface area contributed by atoms with E-state index in [0.29, 0.717) is 6.04 Å². The zero-order chi connectivity index (χ0) is 18.4. The van der Waals surface area contributed by atoms with Crippen LogP contribution in [-0.2, 0) is 12.8 Å². The van der Waals surface area contributed by atoms with E-state index in [2.05, 4.69) is 60.9 Å². The summed E-state index contributed by atoms with van der Waals surface area (Å²) in [5.74, 6) is 0.917. The van der Waals surface area contributed by atoms with Crippen molar-refractivity contribution in [3.05, 3.63) is 70.8 Å². The molecule has 0 aromatic heterocycles. The maximum absolute atomic E-state index is 5.21. The summed E-state index contributed by atoms with van der Waals surface area (Å²) >= 11 is 0. The second-order valence-corrected chi connectivity index (χ2v) is 7.16. The minimum Gasteiger partial charge on any atom is -0.497 e. The molecule has 2 aromatic rings. The topological polar surface area (TPSA) is 33.3 Å². The quantitative estimate of drug-likeness (QED) is 0.686. The van der Waals surface area contributed by atoms with E-state index in [-0.39, 0.29) is 0 Å². The van der Waals surface area contributed by atoms with Gasteiger partial charge in [-0.1, -0.05) is 36.4 Å². The fourth-order valence-electron chi connectivity index (χ4n) is 3.50. The highest BCUT2D eigenvalue weighted by Gasteiger charge is 2.15. The SMILES string of the molecule is COc1ccc(CCC(C)NCNC2=C(C)CCc3ccccc32)cc1. The maximum Gasteiger partial charge on any atom is 0.118 e. The van der Waals surface area contributed by atoms with Gasteiger partial charge in [0, 0.05) is 17.3 Å². The van der Waals surface area contributed by atoms with Gasteiger partial charge in [0.1, 0.15) is 5.75 Å². The summed E-state index contributed by atoms with van der Waals surface area (Å²) in [4.78, 5) is 0. The van der Waals surface area contributed by atoms with Crippen LogP contribution in [0, 0.1) is 0 Å². The smallest absolute Gasteiger partial charge is 0.118 e. The van der Waals surface area contributed by atoms with Gasteiger partial charge in [0.25, 0.3) is 0 Å². The number of allylic oxidation sites excluding steroid dienone is 1. The van der Waals surface area contributed by atoms with Crippen molar-refractivity contribution in [1.82, 2.24) is 10.6 Å². The Morgan fingerprint density at radius 3 is 2.58 bits per heavy atom. The molecule has 0 saturated carbocycles. The van der Waals surface area contributed by atoms with Crippen LogP contribution >= 0.6 is 0 Å². The summed E-state index contributed by atoms with van der Waals surface area (Å²) in [6.07, 6.45) is 4.48. The average molecular weight is 351 g/mol. The molecule has 1 unspecified atom stereocenters. The molecule has 0 saturated heterocycles. The molecule has 1 aliphatic carbocycles. The highest BCUT2D eigenvalue weighted by atomic mass is 16.5. The van der Waals surface area contributed by atoms with Crippen molar-refractivity contribution >= 4 is 5.70 Å². The third kappa shape index (κ3) is 4.67. The van der Waals surface area contributed by atoms with Gasteiger partial charge in [-0.3, -0.25) is 5.32 Å². The summed E-state index contributed by atoms with van der Waals surface area (Å²) in [7, 11) is 1.70. The Morgan fingerprint density at radius 1 is 1.04 bits per heavy atom. The molecule has 0 amide bonds. The molecule has 2 aromatic carbocycles. The summed E-state index contributed by atoms with van der Waals surface area (Å²) in [6, 6.07) is 17.6. The van der Waals surface area contributed by atoms with Crippen LogP contribution in [0.5, 0.6) is 5.75 Å². The van der Waals surface area contributed by atoms with Gasteiger partial charge in [-0.05, 0) is 68.4 Å². The van der Waals surface area contributed by atoms with Gasteiger partial charge >= 0.3 is 0 Å². The minimum absolute atomic E-state index is 0.462. The second-order valence-electron chi connectivity index (χ2n) is 7.16. The molecule has 0 fully saturated rings. The van der Waals surface area contributed by atoms with Crippen LogP contribution in [0.4, 0.5) is 0 Å². The van der Waals surface area contributed by atoms with Crippen LogP contribution in [-0.4, -0.2) is 19.8 Å². The lowest BCUT2D eigenvalue weighted by atomic mass is 9.90. The van der Waals surface area contributed by atoms with Crippen molar-refractivity contribution in [3.8, 4) is 5.75 Å². The number of nitrogens with one attached hydrogen (secondary N) is 2. The molecule has 3 nitrogen and oxygen atoms in total. The van der Waals surface area contributed by atoms with Gasteiger partial charge in [0.2, 0.25) is 0 Å². The van der Waals surface area contributed by atoms with Crippen molar-refractivity contribution in [1.29, 1.82) is 0 Å². The van der Waals surface area contributed by atoms with Crippen molar-refractivity contribution in [2.75, 3.05) is 13.8 Å². The average Bonchev–Trinajstić information content (AvgIpc) is 2.68. The highest BCUT2D eigenvalue weighted by Crippen LogP contribution is 2.28. The van der Waals surface area contributed by atoms with E-state index in [9.17, 15) is 0 Å².